The van der Waals surface area contributed by atoms with Gasteiger partial charge in [0.25, 0.3) is 0 Å². The van der Waals surface area contributed by atoms with E-state index in [-0.39, 0.29) is 10.8 Å². The van der Waals surface area contributed by atoms with Crippen molar-refractivity contribution in [3.63, 3.8) is 0 Å². The molecule has 0 fully saturated rings. The highest BCUT2D eigenvalue weighted by Gasteiger charge is 2.46. The van der Waals surface area contributed by atoms with Crippen molar-refractivity contribution < 1.29 is 10.2 Å². The normalized spacial score (nSPS) is 22.6. The number of phenolic OH excluding ortho intramolecular Hbond substituents is 2. The number of fused-ring (bicyclic) bond motifs is 1. The van der Waals surface area contributed by atoms with Crippen molar-refractivity contribution in [1.82, 2.24) is 0 Å². The topological polar surface area (TPSA) is 40.5 Å². The lowest BCUT2D eigenvalue weighted by atomic mass is 9.74. The predicted molar refractivity (Wildman–Crippen MR) is 89.8 cm³/mol. The average molecular weight is 296 g/mol. The number of rotatable bonds is 1. The third kappa shape index (κ3) is 2.01. The Morgan fingerprint density at radius 2 is 1.45 bits per heavy atom. The van der Waals surface area contributed by atoms with Crippen LogP contribution in [-0.2, 0) is 10.8 Å². The Hall–Kier alpha value is -1.96. The molecule has 22 heavy (non-hydrogen) atoms. The molecule has 2 heteroatoms. The molecular weight excluding hydrogens is 272 g/mol. The summed E-state index contributed by atoms with van der Waals surface area (Å²) in [6.45, 7) is 10.5. The van der Waals surface area contributed by atoms with Crippen LogP contribution in [0.2, 0.25) is 0 Å². The first kappa shape index (κ1) is 15.0. The van der Waals surface area contributed by atoms with E-state index < -0.39 is 0 Å². The van der Waals surface area contributed by atoms with Crippen LogP contribution in [0.5, 0.6) is 11.5 Å². The molecule has 0 amide bonds. The number of aromatic hydroxyl groups is 2. The monoisotopic (exact) mass is 296 g/mol. The van der Waals surface area contributed by atoms with E-state index in [0.29, 0.717) is 11.5 Å². The van der Waals surface area contributed by atoms with E-state index >= 15 is 0 Å². The van der Waals surface area contributed by atoms with Gasteiger partial charge in [-0.1, -0.05) is 39.0 Å². The summed E-state index contributed by atoms with van der Waals surface area (Å²) in [7, 11) is 0. The predicted octanol–water partition coefficient (Wildman–Crippen LogP) is 4.70. The number of phenols is 2. The Kier molecular flexibility index (Phi) is 3.07. The van der Waals surface area contributed by atoms with Gasteiger partial charge in [-0.2, -0.15) is 0 Å². The molecule has 0 saturated carbocycles. The van der Waals surface area contributed by atoms with Gasteiger partial charge >= 0.3 is 0 Å². The van der Waals surface area contributed by atoms with Crippen LogP contribution < -0.4 is 0 Å². The van der Waals surface area contributed by atoms with Crippen LogP contribution >= 0.6 is 0 Å². The summed E-state index contributed by atoms with van der Waals surface area (Å²) < 4.78 is 0. The summed E-state index contributed by atoms with van der Waals surface area (Å²) in [6.07, 6.45) is 0.959. The molecule has 1 unspecified atom stereocenters. The average Bonchev–Trinajstić information content (AvgIpc) is 2.62. The van der Waals surface area contributed by atoms with Crippen molar-refractivity contribution in [3.8, 4) is 11.5 Å². The fraction of sp³-hybridized carbons (Fsp3) is 0.400. The molecule has 2 nitrogen and oxygen atoms in total. The second-order valence-electron chi connectivity index (χ2n) is 7.58. The van der Waals surface area contributed by atoms with Crippen LogP contribution in [0.3, 0.4) is 0 Å². The van der Waals surface area contributed by atoms with Gasteiger partial charge in [0.05, 0.1) is 0 Å². The Morgan fingerprint density at radius 3 is 2.09 bits per heavy atom. The van der Waals surface area contributed by atoms with Gasteiger partial charge in [-0.05, 0) is 65.6 Å². The fourth-order valence-electron chi connectivity index (χ4n) is 4.00. The zero-order valence-electron chi connectivity index (χ0n) is 14.0. The number of hydrogen-bond acceptors (Lipinski definition) is 2. The molecule has 2 aromatic carbocycles. The minimum Gasteiger partial charge on any atom is -0.508 e. The number of aryl methyl sites for hydroxylation is 2. The molecular formula is C20H24O2. The lowest BCUT2D eigenvalue weighted by molar-refractivity contribution is 0.419. The minimum absolute atomic E-state index is 0.00420. The van der Waals surface area contributed by atoms with E-state index in [9.17, 15) is 10.2 Å². The van der Waals surface area contributed by atoms with Crippen LogP contribution in [0.1, 0.15) is 55.0 Å². The van der Waals surface area contributed by atoms with Gasteiger partial charge in [-0.15, -0.1) is 0 Å². The van der Waals surface area contributed by atoms with Gasteiger partial charge in [0, 0.05) is 5.41 Å². The molecule has 1 aliphatic carbocycles. The maximum absolute atomic E-state index is 10.1. The van der Waals surface area contributed by atoms with E-state index in [1.807, 2.05) is 32.0 Å². The first-order valence-corrected chi connectivity index (χ1v) is 7.80. The molecule has 116 valence electrons. The summed E-state index contributed by atoms with van der Waals surface area (Å²) in [5.74, 6) is 0.711. The molecule has 3 rings (SSSR count). The standard InChI is InChI=1S/C20H24O2/c1-12-6-7-14(9-17(12)21)20(5)11-19(3,4)15-10-18(22)13(2)8-16(15)20/h6-10,21-22H,11H2,1-5H3. The van der Waals surface area contributed by atoms with Gasteiger partial charge in [0.15, 0.2) is 0 Å². The highest BCUT2D eigenvalue weighted by molar-refractivity contribution is 5.57. The molecule has 0 saturated heterocycles. The molecule has 0 heterocycles. The lowest BCUT2D eigenvalue weighted by Gasteiger charge is -2.29. The quantitative estimate of drug-likeness (QED) is 0.800. The molecule has 0 radical (unpaired) electrons. The molecule has 1 aliphatic rings. The maximum Gasteiger partial charge on any atom is 0.118 e. The zero-order chi connectivity index (χ0) is 16.3. The molecule has 0 aliphatic heterocycles. The summed E-state index contributed by atoms with van der Waals surface area (Å²) >= 11 is 0. The number of benzene rings is 2. The lowest BCUT2D eigenvalue weighted by Crippen LogP contribution is -2.23. The minimum atomic E-state index is -0.150. The molecule has 0 bridgehead atoms. The molecule has 2 aromatic rings. The Morgan fingerprint density at radius 1 is 0.818 bits per heavy atom. The van der Waals surface area contributed by atoms with Gasteiger partial charge in [0.2, 0.25) is 0 Å². The SMILES string of the molecule is Cc1ccc(C2(C)CC(C)(C)c3cc(O)c(C)cc32)cc1O. The van der Waals surface area contributed by atoms with E-state index in [1.54, 1.807) is 0 Å². The summed E-state index contributed by atoms with van der Waals surface area (Å²) in [4.78, 5) is 0. The highest BCUT2D eigenvalue weighted by atomic mass is 16.3. The zero-order valence-corrected chi connectivity index (χ0v) is 14.0. The van der Waals surface area contributed by atoms with Crippen LogP contribution in [0.25, 0.3) is 0 Å². The molecule has 2 N–H and O–H groups in total. The van der Waals surface area contributed by atoms with E-state index in [0.717, 1.165) is 23.1 Å². The third-order valence-electron chi connectivity index (χ3n) is 5.30. The first-order chi connectivity index (χ1) is 10.1. The van der Waals surface area contributed by atoms with Crippen LogP contribution in [0, 0.1) is 13.8 Å². The second-order valence-corrected chi connectivity index (χ2v) is 7.58. The van der Waals surface area contributed by atoms with Crippen LogP contribution in [0.4, 0.5) is 0 Å². The summed E-state index contributed by atoms with van der Waals surface area (Å²) in [5.41, 5.74) is 5.24. The highest BCUT2D eigenvalue weighted by Crippen LogP contribution is 2.54. The Labute approximate surface area is 132 Å². The Balaban J connectivity index is 2.25. The van der Waals surface area contributed by atoms with Crippen LogP contribution in [0.15, 0.2) is 30.3 Å². The molecule has 0 spiro atoms. The van der Waals surface area contributed by atoms with Gasteiger partial charge in [-0.25, -0.2) is 0 Å². The van der Waals surface area contributed by atoms with Gasteiger partial charge < -0.3 is 10.2 Å². The Bertz CT molecular complexity index is 759. The second kappa shape index (κ2) is 4.52. The fourth-order valence-corrected chi connectivity index (χ4v) is 4.00. The van der Waals surface area contributed by atoms with Crippen molar-refractivity contribution in [1.29, 1.82) is 0 Å². The van der Waals surface area contributed by atoms with Crippen molar-refractivity contribution in [3.05, 3.63) is 58.1 Å². The summed E-state index contributed by atoms with van der Waals surface area (Å²) in [5, 5.41) is 20.2. The van der Waals surface area contributed by atoms with E-state index in [4.69, 9.17) is 0 Å². The van der Waals surface area contributed by atoms with E-state index in [2.05, 4.69) is 32.9 Å². The summed E-state index contributed by atoms with van der Waals surface area (Å²) in [6, 6.07) is 10.0. The third-order valence-corrected chi connectivity index (χ3v) is 5.30. The largest absolute Gasteiger partial charge is 0.508 e. The smallest absolute Gasteiger partial charge is 0.118 e. The number of hydrogen-bond donors (Lipinski definition) is 2. The van der Waals surface area contributed by atoms with Crippen molar-refractivity contribution in [2.45, 2.75) is 51.9 Å². The van der Waals surface area contributed by atoms with Crippen molar-refractivity contribution >= 4 is 0 Å². The van der Waals surface area contributed by atoms with Gasteiger partial charge in [-0.3, -0.25) is 0 Å². The maximum atomic E-state index is 10.1. The van der Waals surface area contributed by atoms with Gasteiger partial charge in [0.1, 0.15) is 11.5 Å². The van der Waals surface area contributed by atoms with E-state index in [1.165, 1.54) is 11.1 Å². The molecule has 1 atom stereocenters. The van der Waals surface area contributed by atoms with Crippen LogP contribution in [-0.4, -0.2) is 10.2 Å². The molecule has 0 aromatic heterocycles. The van der Waals surface area contributed by atoms with Crippen molar-refractivity contribution in [2.24, 2.45) is 0 Å². The van der Waals surface area contributed by atoms with Crippen molar-refractivity contribution in [2.75, 3.05) is 0 Å². The first-order valence-electron chi connectivity index (χ1n) is 7.80.